The molecule has 0 unspecified atom stereocenters. The van der Waals surface area contributed by atoms with Gasteiger partial charge in [-0.3, -0.25) is 4.98 Å². The van der Waals surface area contributed by atoms with Crippen molar-refractivity contribution in [1.82, 2.24) is 4.98 Å². The highest BCUT2D eigenvalue weighted by molar-refractivity contribution is 5.90. The lowest BCUT2D eigenvalue weighted by atomic mass is 9.88. The number of carboxylic acid groups (broad SMARTS) is 1. The van der Waals surface area contributed by atoms with Gasteiger partial charge in [-0.2, -0.15) is 0 Å². The van der Waals surface area contributed by atoms with Crippen molar-refractivity contribution in [3.05, 3.63) is 52.7 Å². The molecule has 0 fully saturated rings. The van der Waals surface area contributed by atoms with E-state index in [1.807, 2.05) is 12.1 Å². The van der Waals surface area contributed by atoms with Crippen LogP contribution in [0.5, 0.6) is 0 Å². The minimum Gasteiger partial charge on any atom is -0.478 e. The Morgan fingerprint density at radius 2 is 1.94 bits per heavy atom. The zero-order valence-corrected chi connectivity index (χ0v) is 10.1. The molecule has 2 aromatic rings. The quantitative estimate of drug-likeness (QED) is 0.832. The standard InChI is InChI=1S/C15H13NO2/c1-9-13(15(17)18)8-11-7-6-10-4-2-3-5-12(10)14(11)16-9/h2-5,8H,6-7H2,1H3,(H,17,18). The maximum atomic E-state index is 11.1. The molecule has 1 aliphatic rings. The van der Waals surface area contributed by atoms with E-state index in [0.717, 1.165) is 29.7 Å². The first-order valence-electron chi connectivity index (χ1n) is 5.99. The number of pyridine rings is 1. The van der Waals surface area contributed by atoms with Gasteiger partial charge < -0.3 is 5.11 Å². The molecule has 1 aromatic heterocycles. The van der Waals surface area contributed by atoms with E-state index in [4.69, 9.17) is 5.11 Å². The molecule has 0 saturated heterocycles. The lowest BCUT2D eigenvalue weighted by molar-refractivity contribution is 0.0695. The minimum atomic E-state index is -0.901. The van der Waals surface area contributed by atoms with Gasteiger partial charge in [-0.25, -0.2) is 4.79 Å². The number of carboxylic acids is 1. The van der Waals surface area contributed by atoms with Crippen LogP contribution in [0, 0.1) is 6.92 Å². The summed E-state index contributed by atoms with van der Waals surface area (Å²) in [6.45, 7) is 1.75. The van der Waals surface area contributed by atoms with Gasteiger partial charge in [0.15, 0.2) is 0 Å². The van der Waals surface area contributed by atoms with Gasteiger partial charge in [0, 0.05) is 5.56 Å². The van der Waals surface area contributed by atoms with Crippen LogP contribution in [0.25, 0.3) is 11.3 Å². The largest absolute Gasteiger partial charge is 0.478 e. The van der Waals surface area contributed by atoms with Crippen LogP contribution in [0.1, 0.15) is 27.2 Å². The van der Waals surface area contributed by atoms with Gasteiger partial charge in [-0.15, -0.1) is 0 Å². The Morgan fingerprint density at radius 1 is 1.22 bits per heavy atom. The molecule has 0 radical (unpaired) electrons. The van der Waals surface area contributed by atoms with Gasteiger partial charge >= 0.3 is 5.97 Å². The molecule has 0 bridgehead atoms. The van der Waals surface area contributed by atoms with E-state index >= 15 is 0 Å². The van der Waals surface area contributed by atoms with E-state index in [1.165, 1.54) is 5.56 Å². The fourth-order valence-corrected chi connectivity index (χ4v) is 2.53. The van der Waals surface area contributed by atoms with Crippen molar-refractivity contribution in [2.45, 2.75) is 19.8 Å². The fourth-order valence-electron chi connectivity index (χ4n) is 2.53. The van der Waals surface area contributed by atoms with E-state index < -0.39 is 5.97 Å². The first kappa shape index (κ1) is 11.0. The first-order chi connectivity index (χ1) is 8.66. The SMILES string of the molecule is Cc1nc2c(cc1C(=O)O)CCc1ccccc1-2. The van der Waals surface area contributed by atoms with Crippen molar-refractivity contribution in [2.24, 2.45) is 0 Å². The number of aromatic carboxylic acids is 1. The predicted octanol–water partition coefficient (Wildman–Crippen LogP) is 2.85. The summed E-state index contributed by atoms with van der Waals surface area (Å²) in [5, 5.41) is 9.12. The average Bonchev–Trinajstić information content (AvgIpc) is 2.37. The number of aryl methyl sites for hydroxylation is 3. The average molecular weight is 239 g/mol. The molecular formula is C15H13NO2. The summed E-state index contributed by atoms with van der Waals surface area (Å²) in [6, 6.07) is 9.97. The smallest absolute Gasteiger partial charge is 0.337 e. The number of nitrogens with zero attached hydrogens (tertiary/aromatic N) is 1. The molecule has 0 atom stereocenters. The van der Waals surface area contributed by atoms with Gasteiger partial charge in [0.25, 0.3) is 0 Å². The van der Waals surface area contributed by atoms with Crippen molar-refractivity contribution in [3.8, 4) is 11.3 Å². The van der Waals surface area contributed by atoms with Crippen LogP contribution in [0.15, 0.2) is 30.3 Å². The molecule has 1 aliphatic carbocycles. The number of benzene rings is 1. The molecule has 0 amide bonds. The number of fused-ring (bicyclic) bond motifs is 3. The first-order valence-corrected chi connectivity index (χ1v) is 5.99. The third kappa shape index (κ3) is 1.59. The molecule has 0 spiro atoms. The van der Waals surface area contributed by atoms with E-state index in [-0.39, 0.29) is 0 Å². The number of carbonyl (C=O) groups is 1. The van der Waals surface area contributed by atoms with Gasteiger partial charge in [-0.1, -0.05) is 24.3 Å². The van der Waals surface area contributed by atoms with Crippen LogP contribution in [0.4, 0.5) is 0 Å². The van der Waals surface area contributed by atoms with Crippen LogP contribution < -0.4 is 0 Å². The van der Waals surface area contributed by atoms with Crippen molar-refractivity contribution in [1.29, 1.82) is 0 Å². The zero-order valence-electron chi connectivity index (χ0n) is 10.1. The molecular weight excluding hydrogens is 226 g/mol. The second-order valence-electron chi connectivity index (χ2n) is 4.59. The Hall–Kier alpha value is -2.16. The summed E-state index contributed by atoms with van der Waals surface area (Å²) in [4.78, 5) is 15.6. The maximum Gasteiger partial charge on any atom is 0.337 e. The lowest BCUT2D eigenvalue weighted by Crippen LogP contribution is -2.10. The molecule has 3 heteroatoms. The van der Waals surface area contributed by atoms with Crippen molar-refractivity contribution < 1.29 is 9.90 Å². The number of hydrogen-bond donors (Lipinski definition) is 1. The van der Waals surface area contributed by atoms with Crippen LogP contribution in [0.3, 0.4) is 0 Å². The Balaban J connectivity index is 2.24. The van der Waals surface area contributed by atoms with Crippen LogP contribution in [-0.2, 0) is 12.8 Å². The number of hydrogen-bond acceptors (Lipinski definition) is 2. The summed E-state index contributed by atoms with van der Waals surface area (Å²) in [6.07, 6.45) is 1.81. The van der Waals surface area contributed by atoms with Crippen molar-refractivity contribution >= 4 is 5.97 Å². The summed E-state index contributed by atoms with van der Waals surface area (Å²) >= 11 is 0. The topological polar surface area (TPSA) is 50.2 Å². The van der Waals surface area contributed by atoms with E-state index in [2.05, 4.69) is 17.1 Å². The summed E-state index contributed by atoms with van der Waals surface area (Å²) in [7, 11) is 0. The molecule has 3 nitrogen and oxygen atoms in total. The van der Waals surface area contributed by atoms with Gasteiger partial charge in [-0.05, 0) is 37.0 Å². The lowest BCUT2D eigenvalue weighted by Gasteiger charge is -2.19. The van der Waals surface area contributed by atoms with Crippen LogP contribution >= 0.6 is 0 Å². The highest BCUT2D eigenvalue weighted by atomic mass is 16.4. The molecule has 1 N–H and O–H groups in total. The van der Waals surface area contributed by atoms with E-state index in [1.54, 1.807) is 13.0 Å². The summed E-state index contributed by atoms with van der Waals surface area (Å²) in [5.74, 6) is -0.901. The Morgan fingerprint density at radius 3 is 2.72 bits per heavy atom. The molecule has 90 valence electrons. The fraction of sp³-hybridized carbons (Fsp3) is 0.200. The second-order valence-corrected chi connectivity index (χ2v) is 4.59. The predicted molar refractivity (Wildman–Crippen MR) is 68.8 cm³/mol. The van der Waals surface area contributed by atoms with E-state index in [9.17, 15) is 4.79 Å². The summed E-state index contributed by atoms with van der Waals surface area (Å²) < 4.78 is 0. The molecule has 1 aromatic carbocycles. The minimum absolute atomic E-state index is 0.313. The normalized spacial score (nSPS) is 12.7. The van der Waals surface area contributed by atoms with Crippen LogP contribution in [0.2, 0.25) is 0 Å². The highest BCUT2D eigenvalue weighted by Gasteiger charge is 2.20. The van der Waals surface area contributed by atoms with Crippen molar-refractivity contribution in [2.75, 3.05) is 0 Å². The van der Waals surface area contributed by atoms with Gasteiger partial charge in [0.05, 0.1) is 17.0 Å². The van der Waals surface area contributed by atoms with Gasteiger partial charge in [0.1, 0.15) is 0 Å². The molecule has 18 heavy (non-hydrogen) atoms. The Bertz CT molecular complexity index is 647. The van der Waals surface area contributed by atoms with Gasteiger partial charge in [0.2, 0.25) is 0 Å². The molecule has 1 heterocycles. The van der Waals surface area contributed by atoms with Crippen molar-refractivity contribution in [3.63, 3.8) is 0 Å². The third-order valence-corrected chi connectivity index (χ3v) is 3.46. The molecule has 0 saturated carbocycles. The molecule has 0 aliphatic heterocycles. The number of rotatable bonds is 1. The maximum absolute atomic E-state index is 11.1. The monoisotopic (exact) mass is 239 g/mol. The molecule has 3 rings (SSSR count). The van der Waals surface area contributed by atoms with E-state index in [0.29, 0.717) is 11.3 Å². The Labute approximate surface area is 105 Å². The Kier molecular flexibility index (Phi) is 2.40. The highest BCUT2D eigenvalue weighted by Crippen LogP contribution is 2.32. The number of aromatic nitrogens is 1. The zero-order chi connectivity index (χ0) is 12.7. The third-order valence-electron chi connectivity index (χ3n) is 3.46. The summed E-state index contributed by atoms with van der Waals surface area (Å²) in [5.41, 5.74) is 5.31. The second kappa shape index (κ2) is 3.95. The van der Waals surface area contributed by atoms with Crippen LogP contribution in [-0.4, -0.2) is 16.1 Å².